The number of tetrazole rings is 1. The van der Waals surface area contributed by atoms with E-state index in [9.17, 15) is 14.7 Å². The zero-order valence-electron chi connectivity index (χ0n) is 20.0. The molecule has 35 heavy (non-hydrogen) atoms. The van der Waals surface area contributed by atoms with Gasteiger partial charge in [0, 0.05) is 29.8 Å². The summed E-state index contributed by atoms with van der Waals surface area (Å²) in [5.41, 5.74) is 3.59. The topological polar surface area (TPSA) is 143 Å². The number of nitrogens with zero attached hydrogens (tertiary/aromatic N) is 4. The Kier molecular flexibility index (Phi) is 7.38. The number of aliphatic carboxylic acids is 1. The van der Waals surface area contributed by atoms with E-state index in [0.29, 0.717) is 24.6 Å². The molecule has 4 rings (SSSR count). The van der Waals surface area contributed by atoms with Gasteiger partial charge in [-0.15, -0.1) is 10.2 Å². The van der Waals surface area contributed by atoms with Crippen LogP contribution in [0.2, 0.25) is 0 Å². The fourth-order valence-corrected chi connectivity index (χ4v) is 4.43. The maximum atomic E-state index is 12.1. The number of H-pyrrole nitrogens is 1. The molecule has 184 valence electrons. The molecule has 1 aliphatic rings. The highest BCUT2D eigenvalue weighted by Gasteiger charge is 2.33. The summed E-state index contributed by atoms with van der Waals surface area (Å²) in [4.78, 5) is 28.2. The van der Waals surface area contributed by atoms with E-state index in [1.807, 2.05) is 43.3 Å². The fourth-order valence-electron chi connectivity index (χ4n) is 4.43. The lowest BCUT2D eigenvalue weighted by molar-refractivity contribution is -0.143. The Morgan fingerprint density at radius 1 is 1.11 bits per heavy atom. The third-order valence-electron chi connectivity index (χ3n) is 6.41. The van der Waals surface area contributed by atoms with Gasteiger partial charge in [-0.05, 0) is 36.5 Å². The molecule has 0 spiro atoms. The van der Waals surface area contributed by atoms with E-state index in [4.69, 9.17) is 4.74 Å². The highest BCUT2D eigenvalue weighted by molar-refractivity contribution is 5.71. The number of nitrogens with one attached hydrogen (secondary N) is 2. The Morgan fingerprint density at radius 2 is 1.86 bits per heavy atom. The molecular weight excluding hydrogens is 448 g/mol. The Bertz CT molecular complexity index is 1130. The molecular formula is C25H30N6O4. The zero-order chi connectivity index (χ0) is 24.9. The summed E-state index contributed by atoms with van der Waals surface area (Å²) in [7, 11) is 0. The van der Waals surface area contributed by atoms with Gasteiger partial charge in [-0.1, -0.05) is 55.8 Å². The quantitative estimate of drug-likeness (QED) is 0.398. The van der Waals surface area contributed by atoms with Crippen molar-refractivity contribution >= 4 is 12.1 Å². The molecule has 1 saturated heterocycles. The van der Waals surface area contributed by atoms with Gasteiger partial charge in [0.25, 0.3) is 0 Å². The highest BCUT2D eigenvalue weighted by Crippen LogP contribution is 2.32. The molecule has 2 aromatic heterocycles. The lowest BCUT2D eigenvalue weighted by Crippen LogP contribution is -2.25. The molecule has 0 aliphatic carbocycles. The lowest BCUT2D eigenvalue weighted by Gasteiger charge is -2.22. The van der Waals surface area contributed by atoms with Crippen molar-refractivity contribution in [1.29, 1.82) is 0 Å². The highest BCUT2D eigenvalue weighted by atomic mass is 16.6. The van der Waals surface area contributed by atoms with Gasteiger partial charge in [-0.2, -0.15) is 5.21 Å². The largest absolute Gasteiger partial charge is 0.481 e. The SMILES string of the molecule is CC(C)CC[C@H](C(=O)O)[C@H](Cc1ccc(-c2ccc([C@@H]3OC(=O)N[C@@H]3C)cc2)cn1)c1nn[nH]n1. The van der Waals surface area contributed by atoms with E-state index in [0.717, 1.165) is 28.8 Å². The summed E-state index contributed by atoms with van der Waals surface area (Å²) in [6.07, 6.45) is 2.79. The van der Waals surface area contributed by atoms with Crippen LogP contribution in [0.3, 0.4) is 0 Å². The molecule has 3 N–H and O–H groups in total. The standard InChI is InChI=1S/C25H30N6O4/c1-14(2)4-11-20(24(32)33)21(23-28-30-31-29-23)12-19-10-9-18(13-26-19)16-5-7-17(8-6-16)22-15(3)27-25(34)35-22/h5-10,13-15,20-22H,4,11-12H2,1-3H3,(H,27,34)(H,32,33)(H,28,29,30,31)/t15-,20+,21+,22-/m1/s1. The lowest BCUT2D eigenvalue weighted by atomic mass is 9.83. The second-order valence-corrected chi connectivity index (χ2v) is 9.42. The number of alkyl carbamates (subject to hydrolysis) is 1. The van der Waals surface area contributed by atoms with Gasteiger partial charge in [0.05, 0.1) is 12.0 Å². The van der Waals surface area contributed by atoms with E-state index in [1.165, 1.54) is 0 Å². The summed E-state index contributed by atoms with van der Waals surface area (Å²) in [6, 6.07) is 11.6. The average molecular weight is 479 g/mol. The van der Waals surface area contributed by atoms with Crippen LogP contribution in [0, 0.1) is 11.8 Å². The van der Waals surface area contributed by atoms with E-state index in [1.54, 1.807) is 6.20 Å². The molecule has 0 radical (unpaired) electrons. The van der Waals surface area contributed by atoms with E-state index >= 15 is 0 Å². The van der Waals surface area contributed by atoms with Crippen molar-refractivity contribution in [1.82, 2.24) is 30.9 Å². The van der Waals surface area contributed by atoms with Crippen molar-refractivity contribution in [3.05, 3.63) is 59.7 Å². The third kappa shape index (κ3) is 5.82. The van der Waals surface area contributed by atoms with Crippen LogP contribution in [0.4, 0.5) is 4.79 Å². The molecule has 3 heterocycles. The van der Waals surface area contributed by atoms with E-state index in [2.05, 4.69) is 44.8 Å². The molecule has 1 aliphatic heterocycles. The normalized spacial score (nSPS) is 19.3. The summed E-state index contributed by atoms with van der Waals surface area (Å²) in [5.74, 6) is -1.15. The van der Waals surface area contributed by atoms with Crippen LogP contribution in [0.5, 0.6) is 0 Å². The first kappa shape index (κ1) is 24.3. The van der Waals surface area contributed by atoms with Crippen molar-refractivity contribution in [2.24, 2.45) is 11.8 Å². The minimum absolute atomic E-state index is 0.0865. The summed E-state index contributed by atoms with van der Waals surface area (Å²) >= 11 is 0. The van der Waals surface area contributed by atoms with Crippen molar-refractivity contribution in [3.63, 3.8) is 0 Å². The van der Waals surface area contributed by atoms with Gasteiger partial charge in [-0.25, -0.2) is 4.79 Å². The number of cyclic esters (lactones) is 1. The molecule has 1 fully saturated rings. The Balaban J connectivity index is 1.49. The summed E-state index contributed by atoms with van der Waals surface area (Å²) in [6.45, 7) is 6.06. The molecule has 3 aromatic rings. The number of carbonyl (C=O) groups is 2. The monoisotopic (exact) mass is 478 g/mol. The first-order valence-electron chi connectivity index (χ1n) is 11.8. The number of hydrogen-bond donors (Lipinski definition) is 3. The smallest absolute Gasteiger partial charge is 0.408 e. The number of aromatic nitrogens is 5. The number of rotatable bonds is 10. The van der Waals surface area contributed by atoms with E-state index < -0.39 is 23.9 Å². The fraction of sp³-hybridized carbons (Fsp3) is 0.440. The summed E-state index contributed by atoms with van der Waals surface area (Å²) in [5, 5.41) is 26.9. The van der Waals surface area contributed by atoms with Gasteiger partial charge in [0.2, 0.25) is 0 Å². The number of carboxylic acid groups (broad SMARTS) is 1. The molecule has 1 amide bonds. The van der Waals surface area contributed by atoms with Crippen molar-refractivity contribution in [2.75, 3.05) is 0 Å². The second-order valence-electron chi connectivity index (χ2n) is 9.42. The van der Waals surface area contributed by atoms with Crippen molar-refractivity contribution < 1.29 is 19.4 Å². The number of aromatic amines is 1. The molecule has 10 heteroatoms. The Morgan fingerprint density at radius 3 is 2.40 bits per heavy atom. The van der Waals surface area contributed by atoms with Crippen molar-refractivity contribution in [3.8, 4) is 11.1 Å². The van der Waals surface area contributed by atoms with Gasteiger partial charge in [0.1, 0.15) is 6.10 Å². The van der Waals surface area contributed by atoms with Crippen LogP contribution in [0.1, 0.15) is 62.7 Å². The predicted octanol–water partition coefficient (Wildman–Crippen LogP) is 3.89. The number of pyridine rings is 1. The minimum Gasteiger partial charge on any atom is -0.481 e. The maximum absolute atomic E-state index is 12.1. The predicted molar refractivity (Wildman–Crippen MR) is 127 cm³/mol. The van der Waals surface area contributed by atoms with Gasteiger partial charge in [0.15, 0.2) is 5.82 Å². The number of benzene rings is 1. The number of amides is 1. The van der Waals surface area contributed by atoms with Crippen LogP contribution >= 0.6 is 0 Å². The van der Waals surface area contributed by atoms with Crippen LogP contribution in [-0.2, 0) is 16.0 Å². The molecule has 4 atom stereocenters. The molecule has 0 unspecified atom stereocenters. The third-order valence-corrected chi connectivity index (χ3v) is 6.41. The molecule has 0 bridgehead atoms. The number of ether oxygens (including phenoxy) is 1. The average Bonchev–Trinajstić information content (AvgIpc) is 3.48. The van der Waals surface area contributed by atoms with Crippen LogP contribution in [-0.4, -0.2) is 48.8 Å². The van der Waals surface area contributed by atoms with Gasteiger partial charge < -0.3 is 15.2 Å². The number of hydrogen-bond acceptors (Lipinski definition) is 7. The van der Waals surface area contributed by atoms with Crippen LogP contribution in [0.25, 0.3) is 11.1 Å². The maximum Gasteiger partial charge on any atom is 0.408 e. The van der Waals surface area contributed by atoms with E-state index in [-0.39, 0.29) is 12.1 Å². The molecule has 0 saturated carbocycles. The first-order valence-corrected chi connectivity index (χ1v) is 11.8. The molecule has 1 aromatic carbocycles. The van der Waals surface area contributed by atoms with Crippen LogP contribution in [0.15, 0.2) is 42.6 Å². The van der Waals surface area contributed by atoms with Crippen LogP contribution < -0.4 is 5.32 Å². The molecule has 10 nitrogen and oxygen atoms in total. The number of carbonyl (C=O) groups excluding carboxylic acids is 1. The second kappa shape index (κ2) is 10.6. The number of carboxylic acids is 1. The van der Waals surface area contributed by atoms with Gasteiger partial charge in [-0.3, -0.25) is 9.78 Å². The Labute approximate surface area is 203 Å². The zero-order valence-corrected chi connectivity index (χ0v) is 20.0. The Hall–Kier alpha value is -3.82. The summed E-state index contributed by atoms with van der Waals surface area (Å²) < 4.78 is 5.33. The first-order chi connectivity index (χ1) is 16.8. The van der Waals surface area contributed by atoms with Gasteiger partial charge >= 0.3 is 12.1 Å². The minimum atomic E-state index is -0.866. The van der Waals surface area contributed by atoms with Crippen molar-refractivity contribution in [2.45, 2.75) is 58.1 Å².